The van der Waals surface area contributed by atoms with Crippen LogP contribution in [0.4, 0.5) is 0 Å². The molecule has 2 heterocycles. The minimum atomic E-state index is -1.31. The van der Waals surface area contributed by atoms with Crippen LogP contribution < -0.4 is 0 Å². The number of ether oxygens (including phenoxy) is 2. The first kappa shape index (κ1) is 17.4. The van der Waals surface area contributed by atoms with Crippen molar-refractivity contribution in [1.82, 2.24) is 9.89 Å². The van der Waals surface area contributed by atoms with Crippen molar-refractivity contribution in [3.05, 3.63) is 53.6 Å². The lowest BCUT2D eigenvalue weighted by molar-refractivity contribution is -0.154. The van der Waals surface area contributed by atoms with Crippen LogP contribution in [0.2, 0.25) is 0 Å². The third-order valence-corrected chi connectivity index (χ3v) is 3.80. The highest BCUT2D eigenvalue weighted by Crippen LogP contribution is 2.28. The number of rotatable bonds is 5. The number of fused-ring (bicyclic) bond motifs is 1. The normalized spacial score (nSPS) is 11.4. The summed E-state index contributed by atoms with van der Waals surface area (Å²) in [5, 5.41) is 9.20. The number of aryl methyl sites for hydroxylation is 1. The highest BCUT2D eigenvalue weighted by molar-refractivity contribution is 6.04. The van der Waals surface area contributed by atoms with Gasteiger partial charge in [0.25, 0.3) is 0 Å². The van der Waals surface area contributed by atoms with Gasteiger partial charge in [-0.3, -0.25) is 9.59 Å². The summed E-state index contributed by atoms with van der Waals surface area (Å²) in [7, 11) is 2.41. The first-order chi connectivity index (χ1) is 12.5. The lowest BCUT2D eigenvalue weighted by Gasteiger charge is -2.12. The number of nitrogens with zero attached hydrogens (tertiary/aromatic N) is 3. The molecule has 1 aromatic carbocycles. The zero-order chi connectivity index (χ0) is 18.7. The molecule has 0 aliphatic rings. The molecule has 0 aliphatic heterocycles. The summed E-state index contributed by atoms with van der Waals surface area (Å²) in [6.45, 7) is 1.81. The Labute approximate surface area is 149 Å². The maximum absolute atomic E-state index is 12.2. The Morgan fingerprint density at radius 2 is 1.85 bits per heavy atom. The van der Waals surface area contributed by atoms with E-state index in [4.69, 9.17) is 13.9 Å². The number of esters is 2. The van der Waals surface area contributed by atoms with Gasteiger partial charge in [-0.1, -0.05) is 18.2 Å². The van der Waals surface area contributed by atoms with Crippen molar-refractivity contribution in [2.45, 2.75) is 12.8 Å². The molecule has 3 rings (SSSR count). The van der Waals surface area contributed by atoms with E-state index in [9.17, 15) is 9.59 Å². The van der Waals surface area contributed by atoms with Gasteiger partial charge in [-0.15, -0.1) is 0 Å². The van der Waals surface area contributed by atoms with E-state index in [0.717, 1.165) is 5.76 Å². The highest BCUT2D eigenvalue weighted by atomic mass is 16.5. The molecule has 0 spiro atoms. The van der Waals surface area contributed by atoms with Gasteiger partial charge < -0.3 is 13.9 Å². The number of methoxy groups -OCH3 is 2. The van der Waals surface area contributed by atoms with Gasteiger partial charge in [-0.2, -0.15) is 15.0 Å². The van der Waals surface area contributed by atoms with Gasteiger partial charge >= 0.3 is 11.9 Å². The van der Waals surface area contributed by atoms with E-state index >= 15 is 0 Å². The third kappa shape index (κ3) is 3.21. The lowest BCUT2D eigenvalue weighted by Crippen LogP contribution is -2.26. The molecule has 2 aromatic heterocycles. The molecule has 0 unspecified atom stereocenters. The van der Waals surface area contributed by atoms with Gasteiger partial charge in [0.2, 0.25) is 0 Å². The second-order valence-electron chi connectivity index (χ2n) is 5.46. The molecule has 0 bridgehead atoms. The second-order valence-corrected chi connectivity index (χ2v) is 5.46. The van der Waals surface area contributed by atoms with E-state index < -0.39 is 17.9 Å². The van der Waals surface area contributed by atoms with E-state index in [1.165, 1.54) is 25.2 Å². The molecule has 8 nitrogen and oxygen atoms in total. The largest absolute Gasteiger partial charge is 0.468 e. The zero-order valence-electron chi connectivity index (χ0n) is 14.5. The molecule has 0 atom stereocenters. The maximum atomic E-state index is 12.2. The van der Waals surface area contributed by atoms with Crippen molar-refractivity contribution in [3.8, 4) is 0 Å². The fourth-order valence-electron chi connectivity index (χ4n) is 2.59. The van der Waals surface area contributed by atoms with Crippen LogP contribution in [0.25, 0.3) is 10.9 Å². The molecule has 134 valence electrons. The van der Waals surface area contributed by atoms with Crippen LogP contribution in [0.1, 0.15) is 23.1 Å². The van der Waals surface area contributed by atoms with Gasteiger partial charge in [0, 0.05) is 5.39 Å². The third-order valence-electron chi connectivity index (χ3n) is 3.80. The summed E-state index contributed by atoms with van der Waals surface area (Å²) < 4.78 is 15.0. The minimum absolute atomic E-state index is 0.263. The molecule has 0 radical (unpaired) electrons. The van der Waals surface area contributed by atoms with E-state index in [-0.39, 0.29) is 5.69 Å². The van der Waals surface area contributed by atoms with Gasteiger partial charge in [0.15, 0.2) is 5.92 Å². The fourth-order valence-corrected chi connectivity index (χ4v) is 2.59. The predicted molar refractivity (Wildman–Crippen MR) is 92.9 cm³/mol. The van der Waals surface area contributed by atoms with Crippen molar-refractivity contribution in [3.63, 3.8) is 0 Å². The quantitative estimate of drug-likeness (QED) is 0.396. The molecule has 0 N–H and O–H groups in total. The molecule has 0 saturated heterocycles. The number of hydrogen-bond acceptors (Lipinski definition) is 7. The van der Waals surface area contributed by atoms with E-state index in [1.54, 1.807) is 36.4 Å². The molecule has 0 aliphatic carbocycles. The van der Waals surface area contributed by atoms with Crippen molar-refractivity contribution < 1.29 is 23.5 Å². The van der Waals surface area contributed by atoms with Crippen LogP contribution in [-0.2, 0) is 19.1 Å². The van der Waals surface area contributed by atoms with Crippen LogP contribution in [0.5, 0.6) is 0 Å². The SMILES string of the molecule is COC(=O)C(C(=O)OC)c1c2ccccc2nn1N=Cc1ccc(C)o1. The summed E-state index contributed by atoms with van der Waals surface area (Å²) in [5.41, 5.74) is 0.840. The monoisotopic (exact) mass is 355 g/mol. The number of carbonyl (C=O) groups excluding carboxylic acids is 2. The Morgan fingerprint density at radius 1 is 1.15 bits per heavy atom. The molecular weight excluding hydrogens is 338 g/mol. The van der Waals surface area contributed by atoms with Crippen molar-refractivity contribution in [1.29, 1.82) is 0 Å². The number of hydrogen-bond donors (Lipinski definition) is 0. The van der Waals surface area contributed by atoms with Gasteiger partial charge in [0.05, 0.1) is 31.6 Å². The van der Waals surface area contributed by atoms with Gasteiger partial charge in [-0.05, 0) is 25.1 Å². The summed E-state index contributed by atoms with van der Waals surface area (Å²) in [4.78, 5) is 25.7. The smallest absolute Gasteiger partial charge is 0.326 e. The topological polar surface area (TPSA) is 95.9 Å². The van der Waals surface area contributed by atoms with Crippen molar-refractivity contribution in [2.75, 3.05) is 14.2 Å². The Hall–Kier alpha value is -3.42. The number of furan rings is 1. The maximum Gasteiger partial charge on any atom is 0.326 e. The summed E-state index contributed by atoms with van der Waals surface area (Å²) in [6, 6.07) is 10.6. The summed E-state index contributed by atoms with van der Waals surface area (Å²) in [5.74, 6) is -1.58. The van der Waals surface area contributed by atoms with Crippen LogP contribution in [0.3, 0.4) is 0 Å². The second kappa shape index (κ2) is 7.22. The minimum Gasteiger partial charge on any atom is -0.468 e. The highest BCUT2D eigenvalue weighted by Gasteiger charge is 2.36. The first-order valence-electron chi connectivity index (χ1n) is 7.79. The van der Waals surface area contributed by atoms with E-state index in [0.29, 0.717) is 16.7 Å². The standard InChI is InChI=1S/C18H17N3O5/c1-11-8-9-12(26-11)10-19-21-16(13-6-4-5-7-14(13)20-21)15(17(22)24-2)18(23)25-3/h4-10,15H,1-3H3. The fraction of sp³-hybridized carbons (Fsp3) is 0.222. The number of carbonyl (C=O) groups is 2. The van der Waals surface area contributed by atoms with Crippen molar-refractivity contribution in [2.24, 2.45) is 5.10 Å². The van der Waals surface area contributed by atoms with Crippen LogP contribution in [-0.4, -0.2) is 42.3 Å². The molecule has 26 heavy (non-hydrogen) atoms. The Bertz CT molecular complexity index is 970. The molecule has 3 aromatic rings. The van der Waals surface area contributed by atoms with Crippen LogP contribution in [0.15, 0.2) is 45.9 Å². The average Bonchev–Trinajstić information content (AvgIpc) is 3.23. The van der Waals surface area contributed by atoms with Gasteiger partial charge in [0.1, 0.15) is 11.5 Å². The van der Waals surface area contributed by atoms with E-state index in [1.807, 2.05) is 6.92 Å². The molecule has 8 heteroatoms. The molecule has 0 saturated carbocycles. The molecule has 0 amide bonds. The van der Waals surface area contributed by atoms with Gasteiger partial charge in [-0.25, -0.2) is 0 Å². The molecular formula is C18H17N3O5. The van der Waals surface area contributed by atoms with E-state index in [2.05, 4.69) is 10.2 Å². The predicted octanol–water partition coefficient (Wildman–Crippen LogP) is 2.25. The number of benzene rings is 1. The first-order valence-corrected chi connectivity index (χ1v) is 7.79. The molecule has 0 fully saturated rings. The lowest BCUT2D eigenvalue weighted by atomic mass is 10.0. The Kier molecular flexibility index (Phi) is 4.83. The Balaban J connectivity index is 2.16. The number of aromatic nitrogens is 2. The average molecular weight is 355 g/mol. The van der Waals surface area contributed by atoms with Crippen LogP contribution >= 0.6 is 0 Å². The Morgan fingerprint density at radius 3 is 2.46 bits per heavy atom. The van der Waals surface area contributed by atoms with Crippen molar-refractivity contribution >= 4 is 29.1 Å². The zero-order valence-corrected chi connectivity index (χ0v) is 14.5. The summed E-state index contributed by atoms with van der Waals surface area (Å²) in [6.07, 6.45) is 1.45. The van der Waals surface area contributed by atoms with Crippen LogP contribution in [0, 0.1) is 6.92 Å². The summed E-state index contributed by atoms with van der Waals surface area (Å²) >= 11 is 0.